The summed E-state index contributed by atoms with van der Waals surface area (Å²) in [6.07, 6.45) is 14.6. The van der Waals surface area contributed by atoms with Gasteiger partial charge in [-0.3, -0.25) is 0 Å². The predicted octanol–water partition coefficient (Wildman–Crippen LogP) is 8.04. The average molecular weight is 463 g/mol. The van der Waals surface area contributed by atoms with E-state index >= 15 is 0 Å². The van der Waals surface area contributed by atoms with Crippen LogP contribution in [0.1, 0.15) is 105 Å². The van der Waals surface area contributed by atoms with E-state index in [9.17, 15) is 0 Å². The van der Waals surface area contributed by atoms with Crippen molar-refractivity contribution in [3.8, 4) is 0 Å². The molecule has 21 heavy (non-hydrogen) atoms. The smallest absolute Gasteiger partial charge is 0.343 e. The van der Waals surface area contributed by atoms with E-state index in [2.05, 4.69) is 55.4 Å². The molecule has 0 saturated heterocycles. The molecule has 1 heteroatoms. The zero-order valence-electron chi connectivity index (χ0n) is 15.8. The van der Waals surface area contributed by atoms with Gasteiger partial charge in [0.15, 0.2) is 0 Å². The molecular weight excluding hydrogens is 419 g/mol. The van der Waals surface area contributed by atoms with Gasteiger partial charge >= 0.3 is 25.8 Å². The Morgan fingerprint density at radius 2 is 0.571 bits per heavy atom. The third kappa shape index (κ3) is 94.5. The van der Waals surface area contributed by atoms with Crippen LogP contribution in [0.15, 0.2) is 0 Å². The molecule has 0 spiro atoms. The van der Waals surface area contributed by atoms with Crippen LogP contribution in [0.4, 0.5) is 0 Å². The van der Waals surface area contributed by atoms with Crippen molar-refractivity contribution < 1.29 is 25.8 Å². The van der Waals surface area contributed by atoms with Crippen molar-refractivity contribution in [1.82, 2.24) is 0 Å². The van der Waals surface area contributed by atoms with Crippen LogP contribution in [0, 0.1) is 27.7 Å². The Kier molecular flexibility index (Phi) is 79.3. The zero-order valence-corrected chi connectivity index (χ0v) is 19.4. The van der Waals surface area contributed by atoms with E-state index in [1.165, 1.54) is 51.4 Å². The Morgan fingerprint density at radius 1 is 0.429 bits per heavy atom. The summed E-state index contributed by atoms with van der Waals surface area (Å²) in [6.45, 7) is 23.4. The second-order valence-corrected chi connectivity index (χ2v) is 4.83. The minimum absolute atomic E-state index is 0. The second kappa shape index (κ2) is 49.7. The molecule has 0 saturated carbocycles. The fourth-order valence-corrected chi connectivity index (χ4v) is 1.000. The number of hydrogen-bond acceptors (Lipinski definition) is 0. The van der Waals surface area contributed by atoms with Crippen LogP contribution in [-0.4, -0.2) is 0 Å². The van der Waals surface area contributed by atoms with E-state index in [1.54, 1.807) is 0 Å². The summed E-state index contributed by atoms with van der Waals surface area (Å²) < 4.78 is 0. The van der Waals surface area contributed by atoms with Crippen molar-refractivity contribution >= 4 is 0 Å². The topological polar surface area (TPSA) is 0 Å². The van der Waals surface area contributed by atoms with Crippen LogP contribution in [-0.2, 0) is 25.8 Å². The fourth-order valence-electron chi connectivity index (χ4n) is 1.000. The standard InChI is InChI=1S/4C5H11.Hf/c4*1-3-5-4-2;/h4*1,3-5H2,2H3;/q4*-1;+4. The van der Waals surface area contributed by atoms with Gasteiger partial charge in [0.2, 0.25) is 0 Å². The summed E-state index contributed by atoms with van der Waals surface area (Å²) in [6, 6.07) is 0. The molecule has 0 N–H and O–H groups in total. The van der Waals surface area contributed by atoms with Crippen molar-refractivity contribution in [2.24, 2.45) is 0 Å². The first-order valence-electron chi connectivity index (χ1n) is 8.83. The molecule has 128 valence electrons. The van der Waals surface area contributed by atoms with Crippen molar-refractivity contribution in [3.63, 3.8) is 0 Å². The molecular formula is C20H44Hf. The molecule has 0 aromatic heterocycles. The summed E-state index contributed by atoms with van der Waals surface area (Å²) in [5, 5.41) is 0. The van der Waals surface area contributed by atoms with Crippen LogP contribution in [0.5, 0.6) is 0 Å². The Balaban J connectivity index is -0.0000000533. The van der Waals surface area contributed by atoms with Gasteiger partial charge in [0.05, 0.1) is 0 Å². The molecule has 0 radical (unpaired) electrons. The number of rotatable bonds is 8. The third-order valence-corrected chi connectivity index (χ3v) is 2.41. The van der Waals surface area contributed by atoms with Gasteiger partial charge in [-0.2, -0.15) is 25.7 Å². The average Bonchev–Trinajstić information content (AvgIpc) is 2.44. The van der Waals surface area contributed by atoms with Gasteiger partial charge in [0, 0.05) is 0 Å². The van der Waals surface area contributed by atoms with E-state index in [-0.39, 0.29) is 25.8 Å². The molecule has 0 aliphatic heterocycles. The van der Waals surface area contributed by atoms with E-state index in [1.807, 2.05) is 0 Å². The van der Waals surface area contributed by atoms with Crippen LogP contribution in [0.2, 0.25) is 0 Å². The first kappa shape index (κ1) is 33.5. The quantitative estimate of drug-likeness (QED) is 0.253. The Bertz CT molecular complexity index is 59.8. The molecule has 0 aromatic rings. The summed E-state index contributed by atoms with van der Waals surface area (Å²) in [7, 11) is 0. The third-order valence-electron chi connectivity index (χ3n) is 2.41. The fraction of sp³-hybridized carbons (Fsp3) is 0.800. The Hall–Kier alpha value is 0.870. The molecule has 0 aromatic carbocycles. The van der Waals surface area contributed by atoms with Gasteiger partial charge in [0.25, 0.3) is 0 Å². The summed E-state index contributed by atoms with van der Waals surface area (Å²) >= 11 is 0. The molecule has 0 bridgehead atoms. The van der Waals surface area contributed by atoms with Crippen LogP contribution >= 0.6 is 0 Å². The van der Waals surface area contributed by atoms with E-state index in [4.69, 9.17) is 0 Å². The minimum Gasteiger partial charge on any atom is -0.343 e. The largest absolute Gasteiger partial charge is 4.00 e. The number of unbranched alkanes of at least 4 members (excludes halogenated alkanes) is 8. The summed E-state index contributed by atoms with van der Waals surface area (Å²) in [4.78, 5) is 0. The molecule has 0 fully saturated rings. The molecule has 0 amide bonds. The van der Waals surface area contributed by atoms with E-state index in [0.717, 1.165) is 25.7 Å². The van der Waals surface area contributed by atoms with Crippen molar-refractivity contribution in [2.45, 2.75) is 105 Å². The van der Waals surface area contributed by atoms with Crippen LogP contribution < -0.4 is 0 Å². The van der Waals surface area contributed by atoms with Gasteiger partial charge in [-0.05, 0) is 0 Å². The Morgan fingerprint density at radius 3 is 0.571 bits per heavy atom. The maximum Gasteiger partial charge on any atom is 4.00 e. The van der Waals surface area contributed by atoms with Gasteiger partial charge in [0.1, 0.15) is 0 Å². The SMILES string of the molecule is [CH2-]CCCC.[CH2-]CCCC.[CH2-]CCCC.[CH2-]CCCC.[Hf+4]. The summed E-state index contributed by atoms with van der Waals surface area (Å²) in [5.74, 6) is 0. The molecule has 0 unspecified atom stereocenters. The van der Waals surface area contributed by atoms with Gasteiger partial charge in [-0.25, -0.2) is 0 Å². The van der Waals surface area contributed by atoms with Gasteiger partial charge in [-0.1, -0.05) is 79.1 Å². The van der Waals surface area contributed by atoms with E-state index < -0.39 is 0 Å². The number of hydrogen-bond donors (Lipinski definition) is 0. The first-order chi connectivity index (χ1) is 9.66. The van der Waals surface area contributed by atoms with E-state index in [0.29, 0.717) is 0 Å². The maximum absolute atomic E-state index is 3.68. The monoisotopic (exact) mass is 464 g/mol. The minimum atomic E-state index is 0. The van der Waals surface area contributed by atoms with Gasteiger partial charge in [-0.15, -0.1) is 0 Å². The van der Waals surface area contributed by atoms with Crippen LogP contribution in [0.3, 0.4) is 0 Å². The maximum atomic E-state index is 3.68. The normalized spacial score (nSPS) is 8.00. The molecule has 0 aliphatic carbocycles. The van der Waals surface area contributed by atoms with Crippen molar-refractivity contribution in [2.75, 3.05) is 0 Å². The second-order valence-electron chi connectivity index (χ2n) is 4.83. The predicted molar refractivity (Wildman–Crippen MR) is 99.5 cm³/mol. The molecule has 0 nitrogen and oxygen atoms in total. The van der Waals surface area contributed by atoms with Crippen molar-refractivity contribution in [3.05, 3.63) is 27.7 Å². The molecule has 0 atom stereocenters. The Labute approximate surface area is 158 Å². The zero-order chi connectivity index (χ0) is 16.5. The molecule has 0 aliphatic rings. The summed E-state index contributed by atoms with van der Waals surface area (Å²) in [5.41, 5.74) is 0. The molecule has 0 rings (SSSR count). The first-order valence-corrected chi connectivity index (χ1v) is 8.83. The van der Waals surface area contributed by atoms with Crippen molar-refractivity contribution in [1.29, 1.82) is 0 Å². The van der Waals surface area contributed by atoms with Crippen LogP contribution in [0.25, 0.3) is 0 Å². The molecule has 0 heterocycles. The van der Waals surface area contributed by atoms with Gasteiger partial charge < -0.3 is 27.7 Å².